The molecule has 2 fully saturated rings. The molecule has 2 aromatic carbocycles. The molecule has 0 unspecified atom stereocenters. The maximum Gasteiger partial charge on any atom is 0.429 e. The molecule has 2 atom stereocenters. The number of alkyl halides is 3. The van der Waals surface area contributed by atoms with E-state index in [9.17, 15) is 18.0 Å². The van der Waals surface area contributed by atoms with Crippen molar-refractivity contribution >= 4 is 40.4 Å². The molecule has 0 saturated carbocycles. The quantitative estimate of drug-likeness (QED) is 0.264. The number of aromatic nitrogens is 4. The predicted octanol–water partition coefficient (Wildman–Crippen LogP) is 5.25. The molecule has 14 heteroatoms. The molecule has 2 aliphatic heterocycles. The van der Waals surface area contributed by atoms with Gasteiger partial charge in [-0.3, -0.25) is 9.36 Å². The number of halogens is 4. The van der Waals surface area contributed by atoms with Gasteiger partial charge in [-0.1, -0.05) is 29.8 Å². The van der Waals surface area contributed by atoms with Crippen LogP contribution in [-0.4, -0.2) is 63.9 Å². The molecule has 10 nitrogen and oxygen atoms in total. The van der Waals surface area contributed by atoms with Crippen molar-refractivity contribution in [1.82, 2.24) is 24.8 Å². The maximum absolute atomic E-state index is 14.7. The normalized spacial score (nSPS) is 18.9. The first-order valence-corrected chi connectivity index (χ1v) is 14.7. The van der Waals surface area contributed by atoms with Crippen LogP contribution in [0.3, 0.4) is 0 Å². The van der Waals surface area contributed by atoms with Crippen LogP contribution in [0.25, 0.3) is 16.7 Å². The first-order valence-electron chi connectivity index (χ1n) is 14.3. The van der Waals surface area contributed by atoms with Gasteiger partial charge < -0.3 is 25.4 Å². The standard InChI is InChI=1S/C30H31ClF3N7O3/c1-2-43-27(42)21-15-29(16-36-21)9-11-40(12-10-29)24-14-25(39-28(35)38-24)44-26(30(32,33)34)19-8-7-18(31)13-23(19)41-17-37-20-5-3-4-6-22(20)41/h3-8,13-14,17,21,26,36H,2,9-12,15-16H2,1H3,(H2,35,38,39)/t21-,26+/m0/s1. The van der Waals surface area contributed by atoms with Crippen molar-refractivity contribution in [2.45, 2.75) is 44.5 Å². The minimum absolute atomic E-state index is 0.0737. The summed E-state index contributed by atoms with van der Waals surface area (Å²) in [5.74, 6) is -0.397. The van der Waals surface area contributed by atoms with Crippen LogP contribution in [0.2, 0.25) is 5.02 Å². The summed E-state index contributed by atoms with van der Waals surface area (Å²) in [5.41, 5.74) is 7.12. The molecule has 6 rings (SSSR count). The van der Waals surface area contributed by atoms with Crippen molar-refractivity contribution in [2.75, 3.05) is 36.9 Å². The van der Waals surface area contributed by atoms with Gasteiger partial charge in [0.15, 0.2) is 0 Å². The highest BCUT2D eigenvalue weighted by atomic mass is 35.5. The zero-order valence-corrected chi connectivity index (χ0v) is 24.6. The molecular formula is C30H31ClF3N7O3. The van der Waals surface area contributed by atoms with E-state index in [0.29, 0.717) is 49.5 Å². The zero-order valence-electron chi connectivity index (χ0n) is 23.9. The summed E-state index contributed by atoms with van der Waals surface area (Å²) in [6.07, 6.45) is -3.58. The summed E-state index contributed by atoms with van der Waals surface area (Å²) in [4.78, 5) is 26.8. The Hall–Kier alpha value is -4.10. The van der Waals surface area contributed by atoms with E-state index >= 15 is 0 Å². The first kappa shape index (κ1) is 29.9. The number of nitrogens with one attached hydrogen (secondary N) is 1. The minimum atomic E-state index is -4.82. The summed E-state index contributed by atoms with van der Waals surface area (Å²) in [5, 5.41) is 3.53. The number of ether oxygens (including phenoxy) is 2. The third kappa shape index (κ3) is 5.98. The average molecular weight is 630 g/mol. The number of fused-ring (bicyclic) bond motifs is 1. The Bertz CT molecular complexity index is 1670. The number of anilines is 2. The smallest absolute Gasteiger partial charge is 0.429 e. The van der Waals surface area contributed by atoms with Gasteiger partial charge in [-0.15, -0.1) is 0 Å². The van der Waals surface area contributed by atoms with Gasteiger partial charge in [-0.25, -0.2) is 4.98 Å². The fourth-order valence-corrected chi connectivity index (χ4v) is 6.26. The molecule has 3 N–H and O–H groups in total. The van der Waals surface area contributed by atoms with Crippen molar-refractivity contribution in [1.29, 1.82) is 0 Å². The van der Waals surface area contributed by atoms with E-state index in [1.807, 2.05) is 4.90 Å². The van der Waals surface area contributed by atoms with Gasteiger partial charge in [0.05, 0.1) is 23.3 Å². The van der Waals surface area contributed by atoms with E-state index in [1.54, 1.807) is 35.8 Å². The molecule has 2 aliphatic rings. The van der Waals surface area contributed by atoms with E-state index in [4.69, 9.17) is 26.8 Å². The third-order valence-electron chi connectivity index (χ3n) is 8.31. The second-order valence-electron chi connectivity index (χ2n) is 11.1. The summed E-state index contributed by atoms with van der Waals surface area (Å²) >= 11 is 6.25. The molecular weight excluding hydrogens is 599 g/mol. The number of esters is 1. The molecule has 4 aromatic rings. The highest BCUT2D eigenvalue weighted by Crippen LogP contribution is 2.43. The van der Waals surface area contributed by atoms with Gasteiger partial charge in [0.25, 0.3) is 0 Å². The van der Waals surface area contributed by atoms with E-state index in [0.717, 1.165) is 12.8 Å². The number of hydrogen-bond acceptors (Lipinski definition) is 9. The topological polar surface area (TPSA) is 120 Å². The lowest BCUT2D eigenvalue weighted by molar-refractivity contribution is -0.198. The van der Waals surface area contributed by atoms with Crippen molar-refractivity contribution in [3.05, 3.63) is 65.4 Å². The number of piperidine rings is 1. The molecule has 0 amide bonds. The van der Waals surface area contributed by atoms with Gasteiger partial charge in [0, 0.05) is 36.3 Å². The molecule has 0 aliphatic carbocycles. The summed E-state index contributed by atoms with van der Waals surface area (Å²) in [6, 6.07) is 12.3. The van der Waals surface area contributed by atoms with Gasteiger partial charge in [0.2, 0.25) is 17.9 Å². The number of hydrogen-bond donors (Lipinski definition) is 2. The van der Waals surface area contributed by atoms with Gasteiger partial charge in [-0.05, 0) is 55.9 Å². The van der Waals surface area contributed by atoms with Crippen LogP contribution in [0, 0.1) is 5.41 Å². The molecule has 232 valence electrons. The predicted molar refractivity (Wildman–Crippen MR) is 159 cm³/mol. The Balaban J connectivity index is 1.25. The highest BCUT2D eigenvalue weighted by molar-refractivity contribution is 6.30. The first-order chi connectivity index (χ1) is 21.0. The van der Waals surface area contributed by atoms with Crippen LogP contribution in [-0.2, 0) is 9.53 Å². The van der Waals surface area contributed by atoms with E-state index in [-0.39, 0.29) is 45.5 Å². The largest absolute Gasteiger partial charge is 0.465 e. The lowest BCUT2D eigenvalue weighted by Gasteiger charge is -2.39. The van der Waals surface area contributed by atoms with Crippen molar-refractivity contribution in [2.24, 2.45) is 5.41 Å². The van der Waals surface area contributed by atoms with Crippen LogP contribution in [0.1, 0.15) is 37.9 Å². The lowest BCUT2D eigenvalue weighted by atomic mass is 9.76. The second kappa shape index (κ2) is 11.8. The summed E-state index contributed by atoms with van der Waals surface area (Å²) in [7, 11) is 0. The minimum Gasteiger partial charge on any atom is -0.465 e. The number of benzene rings is 2. The van der Waals surface area contributed by atoms with Crippen molar-refractivity contribution in [3.8, 4) is 11.6 Å². The number of nitrogens with two attached hydrogens (primary N) is 1. The number of imidazole rings is 1. The van der Waals surface area contributed by atoms with E-state index in [1.165, 1.54) is 30.6 Å². The van der Waals surface area contributed by atoms with E-state index in [2.05, 4.69) is 20.3 Å². The Morgan fingerprint density at radius 1 is 1.18 bits per heavy atom. The van der Waals surface area contributed by atoms with Crippen LogP contribution < -0.4 is 20.7 Å². The van der Waals surface area contributed by atoms with E-state index < -0.39 is 12.3 Å². The van der Waals surface area contributed by atoms with Crippen LogP contribution >= 0.6 is 11.6 Å². The average Bonchev–Trinajstić information content (AvgIpc) is 3.61. The number of rotatable bonds is 7. The SMILES string of the molecule is CCOC(=O)[C@@H]1CC2(CCN(c3cc(O[C@H](c4ccc(Cl)cc4-n4cnc5ccccc54)C(F)(F)F)nc(N)n3)CC2)CN1. The Morgan fingerprint density at radius 2 is 1.95 bits per heavy atom. The van der Waals surface area contributed by atoms with Crippen LogP contribution in [0.5, 0.6) is 5.88 Å². The number of nitrogen functional groups attached to an aromatic ring is 1. The van der Waals surface area contributed by atoms with Gasteiger partial charge in [0.1, 0.15) is 18.2 Å². The molecule has 2 aromatic heterocycles. The van der Waals surface area contributed by atoms with Gasteiger partial charge in [-0.2, -0.15) is 23.1 Å². The number of carbonyl (C=O) groups excluding carboxylic acids is 1. The zero-order chi connectivity index (χ0) is 31.1. The van der Waals surface area contributed by atoms with Crippen molar-refractivity contribution < 1.29 is 27.4 Å². The molecule has 4 heterocycles. The number of nitrogens with zero attached hydrogens (tertiary/aromatic N) is 5. The number of para-hydroxylation sites is 2. The summed E-state index contributed by atoms with van der Waals surface area (Å²) < 4.78 is 56.4. The lowest BCUT2D eigenvalue weighted by Crippen LogP contribution is -2.41. The maximum atomic E-state index is 14.7. The summed E-state index contributed by atoms with van der Waals surface area (Å²) in [6.45, 7) is 3.94. The third-order valence-corrected chi connectivity index (χ3v) is 8.55. The molecule has 44 heavy (non-hydrogen) atoms. The molecule has 0 bridgehead atoms. The Labute approximate surface area is 256 Å². The second-order valence-corrected chi connectivity index (χ2v) is 11.6. The Kier molecular flexibility index (Phi) is 8.01. The molecule has 0 radical (unpaired) electrons. The van der Waals surface area contributed by atoms with Crippen LogP contribution in [0.15, 0.2) is 54.9 Å². The monoisotopic (exact) mass is 629 g/mol. The van der Waals surface area contributed by atoms with Crippen LogP contribution in [0.4, 0.5) is 24.9 Å². The fraction of sp³-hybridized carbons (Fsp3) is 0.400. The highest BCUT2D eigenvalue weighted by Gasteiger charge is 2.46. The number of carbonyl (C=O) groups is 1. The van der Waals surface area contributed by atoms with Crippen molar-refractivity contribution in [3.63, 3.8) is 0 Å². The fourth-order valence-electron chi connectivity index (χ4n) is 6.10. The molecule has 2 saturated heterocycles. The van der Waals surface area contributed by atoms with Gasteiger partial charge >= 0.3 is 12.1 Å². The Morgan fingerprint density at radius 3 is 2.70 bits per heavy atom. The molecule has 1 spiro atoms.